The standard InChI is InChI=1S/C28H27N5O4/c1-3-36-24-11-7-6-10-21(24)26(27-32-28(34)37-33-27)22-16-25(31-17-30-22)29-15-14-20-19-9-5-4-8-18(19)12-13-23(20)35-2/h4-13,16-17,26H,3,14-15H2,1-2H3,(H,29,30,31)(H,32,33,34). The summed E-state index contributed by atoms with van der Waals surface area (Å²) >= 11 is 0. The largest absolute Gasteiger partial charge is 0.496 e. The Balaban J connectivity index is 1.42. The number of aromatic hydroxyl groups is 1. The Morgan fingerprint density at radius 2 is 1.84 bits per heavy atom. The molecule has 9 nitrogen and oxygen atoms in total. The van der Waals surface area contributed by atoms with Gasteiger partial charge < -0.3 is 19.9 Å². The molecular formula is C28H27N5O4. The Morgan fingerprint density at radius 3 is 2.65 bits per heavy atom. The number of para-hydroxylation sites is 1. The van der Waals surface area contributed by atoms with Crippen LogP contribution in [0.4, 0.5) is 5.82 Å². The summed E-state index contributed by atoms with van der Waals surface area (Å²) in [5.74, 6) is 1.92. The van der Waals surface area contributed by atoms with E-state index in [2.05, 4.69) is 43.6 Å². The van der Waals surface area contributed by atoms with E-state index < -0.39 is 12.0 Å². The molecule has 188 valence electrons. The summed E-state index contributed by atoms with van der Waals surface area (Å²) in [5.41, 5.74) is 2.57. The van der Waals surface area contributed by atoms with Crippen molar-refractivity contribution in [3.63, 3.8) is 0 Å². The van der Waals surface area contributed by atoms with Crippen LogP contribution in [0.1, 0.15) is 35.5 Å². The molecule has 37 heavy (non-hydrogen) atoms. The highest BCUT2D eigenvalue weighted by Crippen LogP contribution is 2.36. The van der Waals surface area contributed by atoms with Crippen LogP contribution in [0.15, 0.2) is 77.6 Å². The van der Waals surface area contributed by atoms with Crippen LogP contribution in [0, 0.1) is 0 Å². The maximum atomic E-state index is 9.74. The Kier molecular flexibility index (Phi) is 7.12. The number of rotatable bonds is 10. The number of hydrogen-bond donors (Lipinski definition) is 2. The number of hydrogen-bond acceptors (Lipinski definition) is 9. The number of anilines is 1. The first-order valence-electron chi connectivity index (χ1n) is 12.0. The van der Waals surface area contributed by atoms with Gasteiger partial charge >= 0.3 is 6.08 Å². The zero-order valence-corrected chi connectivity index (χ0v) is 20.6. The fourth-order valence-corrected chi connectivity index (χ4v) is 4.49. The molecule has 5 rings (SSSR count). The van der Waals surface area contributed by atoms with Crippen molar-refractivity contribution >= 4 is 16.6 Å². The summed E-state index contributed by atoms with van der Waals surface area (Å²) in [6.07, 6.45) is 1.72. The van der Waals surface area contributed by atoms with Crippen molar-refractivity contribution < 1.29 is 19.1 Å². The van der Waals surface area contributed by atoms with Gasteiger partial charge in [-0.2, -0.15) is 4.98 Å². The average Bonchev–Trinajstić information content (AvgIpc) is 3.36. The van der Waals surface area contributed by atoms with E-state index in [1.807, 2.05) is 55.5 Å². The topological polar surface area (TPSA) is 115 Å². The van der Waals surface area contributed by atoms with E-state index in [-0.39, 0.29) is 5.82 Å². The summed E-state index contributed by atoms with van der Waals surface area (Å²) in [4.78, 5) is 13.0. The van der Waals surface area contributed by atoms with Crippen LogP contribution in [-0.2, 0) is 6.42 Å². The summed E-state index contributed by atoms with van der Waals surface area (Å²) in [6.45, 7) is 3.04. The predicted molar refractivity (Wildman–Crippen MR) is 139 cm³/mol. The highest BCUT2D eigenvalue weighted by Gasteiger charge is 2.27. The van der Waals surface area contributed by atoms with Gasteiger partial charge in [0, 0.05) is 23.7 Å². The molecule has 0 aliphatic rings. The lowest BCUT2D eigenvalue weighted by Gasteiger charge is -2.18. The van der Waals surface area contributed by atoms with Crippen LogP contribution in [0.2, 0.25) is 0 Å². The van der Waals surface area contributed by atoms with E-state index in [0.29, 0.717) is 30.4 Å². The van der Waals surface area contributed by atoms with Crippen LogP contribution >= 0.6 is 0 Å². The summed E-state index contributed by atoms with van der Waals surface area (Å²) < 4.78 is 16.4. The van der Waals surface area contributed by atoms with E-state index in [9.17, 15) is 5.11 Å². The summed E-state index contributed by atoms with van der Waals surface area (Å²) in [5, 5.41) is 19.4. The lowest BCUT2D eigenvalue weighted by Crippen LogP contribution is -2.12. The molecule has 0 fully saturated rings. The molecule has 0 aliphatic carbocycles. The van der Waals surface area contributed by atoms with Gasteiger partial charge in [-0.1, -0.05) is 53.7 Å². The van der Waals surface area contributed by atoms with Crippen molar-refractivity contribution in [1.82, 2.24) is 20.1 Å². The van der Waals surface area contributed by atoms with Crippen molar-refractivity contribution in [2.24, 2.45) is 0 Å². The highest BCUT2D eigenvalue weighted by molar-refractivity contribution is 5.87. The monoisotopic (exact) mass is 497 g/mol. The Labute approximate surface area is 214 Å². The van der Waals surface area contributed by atoms with Gasteiger partial charge in [-0.3, -0.25) is 4.52 Å². The highest BCUT2D eigenvalue weighted by atomic mass is 16.6. The number of nitrogens with one attached hydrogen (secondary N) is 1. The van der Waals surface area contributed by atoms with Gasteiger partial charge in [0.25, 0.3) is 0 Å². The van der Waals surface area contributed by atoms with Crippen LogP contribution in [0.5, 0.6) is 17.6 Å². The summed E-state index contributed by atoms with van der Waals surface area (Å²) in [6, 6.07) is 21.8. The molecule has 3 aromatic carbocycles. The number of ether oxygens (including phenoxy) is 2. The second kappa shape index (κ2) is 10.9. The fourth-order valence-electron chi connectivity index (χ4n) is 4.49. The number of aromatic nitrogens is 4. The Hall–Kier alpha value is -4.66. The number of fused-ring (bicyclic) bond motifs is 1. The van der Waals surface area contributed by atoms with Gasteiger partial charge in [-0.05, 0) is 36.2 Å². The molecule has 0 spiro atoms. The van der Waals surface area contributed by atoms with Crippen molar-refractivity contribution in [3.05, 3.63) is 95.7 Å². The van der Waals surface area contributed by atoms with Crippen LogP contribution in [-0.4, -0.2) is 45.5 Å². The van der Waals surface area contributed by atoms with Crippen molar-refractivity contribution in [1.29, 1.82) is 0 Å². The smallest absolute Gasteiger partial charge is 0.414 e. The predicted octanol–water partition coefficient (Wildman–Crippen LogP) is 4.96. The third-order valence-electron chi connectivity index (χ3n) is 6.10. The first-order valence-corrected chi connectivity index (χ1v) is 12.0. The van der Waals surface area contributed by atoms with Crippen molar-refractivity contribution in [3.8, 4) is 17.6 Å². The van der Waals surface area contributed by atoms with Crippen LogP contribution in [0.25, 0.3) is 10.8 Å². The van der Waals surface area contributed by atoms with E-state index in [1.54, 1.807) is 7.11 Å². The van der Waals surface area contributed by atoms with Gasteiger partial charge in [0.1, 0.15) is 23.6 Å². The molecule has 1 unspecified atom stereocenters. The average molecular weight is 498 g/mol. The lowest BCUT2D eigenvalue weighted by molar-refractivity contribution is 0.266. The van der Waals surface area contributed by atoms with E-state index in [4.69, 9.17) is 14.0 Å². The van der Waals surface area contributed by atoms with Gasteiger partial charge in [0.15, 0.2) is 5.82 Å². The van der Waals surface area contributed by atoms with Crippen LogP contribution in [0.3, 0.4) is 0 Å². The number of nitrogens with zero attached hydrogens (tertiary/aromatic N) is 4. The molecular weight excluding hydrogens is 470 g/mol. The molecule has 2 N–H and O–H groups in total. The molecule has 9 heteroatoms. The van der Waals surface area contributed by atoms with Crippen molar-refractivity contribution in [2.45, 2.75) is 19.3 Å². The van der Waals surface area contributed by atoms with Gasteiger partial charge in [-0.15, -0.1) is 0 Å². The van der Waals surface area contributed by atoms with E-state index in [1.165, 1.54) is 11.7 Å². The molecule has 0 radical (unpaired) electrons. The van der Waals surface area contributed by atoms with E-state index in [0.717, 1.165) is 28.7 Å². The molecule has 0 bridgehead atoms. The third kappa shape index (κ3) is 5.16. The quantitative estimate of drug-likeness (QED) is 0.276. The minimum atomic E-state index is -0.533. The van der Waals surface area contributed by atoms with Crippen LogP contribution < -0.4 is 14.8 Å². The molecule has 0 aliphatic heterocycles. The first-order chi connectivity index (χ1) is 18.2. The molecule has 2 heterocycles. The van der Waals surface area contributed by atoms with Gasteiger partial charge in [0.2, 0.25) is 0 Å². The second-order valence-electron chi connectivity index (χ2n) is 8.31. The zero-order valence-electron chi connectivity index (χ0n) is 20.6. The zero-order chi connectivity index (χ0) is 25.6. The Morgan fingerprint density at radius 1 is 1.00 bits per heavy atom. The molecule has 0 saturated carbocycles. The maximum absolute atomic E-state index is 9.74. The van der Waals surface area contributed by atoms with Crippen molar-refractivity contribution in [2.75, 3.05) is 25.6 Å². The minimum absolute atomic E-state index is 0.273. The Bertz CT molecular complexity index is 1500. The normalized spacial score (nSPS) is 11.8. The lowest BCUT2D eigenvalue weighted by atomic mass is 9.93. The second-order valence-corrected chi connectivity index (χ2v) is 8.31. The molecule has 1 atom stereocenters. The fraction of sp³-hybridized carbons (Fsp3) is 0.214. The molecule has 5 aromatic rings. The molecule has 0 amide bonds. The summed E-state index contributed by atoms with van der Waals surface area (Å²) in [7, 11) is 1.69. The van der Waals surface area contributed by atoms with Gasteiger partial charge in [-0.25, -0.2) is 9.97 Å². The molecule has 0 saturated heterocycles. The number of methoxy groups -OCH3 is 1. The van der Waals surface area contributed by atoms with Gasteiger partial charge in [0.05, 0.1) is 25.3 Å². The molecule has 2 aromatic heterocycles. The SMILES string of the molecule is CCOc1ccccc1C(c1cc(NCCc2c(OC)ccc3ccccc23)ncn1)c1noc(O)n1. The minimum Gasteiger partial charge on any atom is -0.496 e. The number of benzene rings is 3. The first kappa shape index (κ1) is 24.1. The third-order valence-corrected chi connectivity index (χ3v) is 6.10. The maximum Gasteiger partial charge on any atom is 0.414 e. The van der Waals surface area contributed by atoms with E-state index >= 15 is 0 Å².